The van der Waals surface area contributed by atoms with Gasteiger partial charge in [-0.05, 0) is 35.9 Å². The highest BCUT2D eigenvalue weighted by Crippen LogP contribution is 2.29. The van der Waals surface area contributed by atoms with Crippen molar-refractivity contribution in [1.82, 2.24) is 19.7 Å². The van der Waals surface area contributed by atoms with E-state index in [1.807, 2.05) is 29.9 Å². The van der Waals surface area contributed by atoms with Crippen LogP contribution in [0.1, 0.15) is 21.6 Å². The molecule has 1 aromatic carbocycles. The molecule has 1 N–H and O–H groups in total. The molecule has 3 aromatic rings. The number of rotatable bonds is 4. The molecular weight excluding hydrogens is 345 g/mol. The van der Waals surface area contributed by atoms with Crippen molar-refractivity contribution in [2.24, 2.45) is 14.1 Å². The summed E-state index contributed by atoms with van der Waals surface area (Å²) in [6.45, 7) is -0.00653. The molecule has 0 aliphatic heterocycles. The van der Waals surface area contributed by atoms with Gasteiger partial charge in [0.05, 0.1) is 11.3 Å². The second-order valence-electron chi connectivity index (χ2n) is 5.92. The first kappa shape index (κ1) is 17.8. The third-order valence-electron chi connectivity index (χ3n) is 4.03. The van der Waals surface area contributed by atoms with Crippen LogP contribution in [0.2, 0.25) is 0 Å². The monoisotopic (exact) mass is 362 g/mol. The van der Waals surface area contributed by atoms with Gasteiger partial charge in [-0.15, -0.1) is 0 Å². The predicted octanol–water partition coefficient (Wildman–Crippen LogP) is 3.37. The van der Waals surface area contributed by atoms with Gasteiger partial charge >= 0.3 is 6.18 Å². The molecule has 0 unspecified atom stereocenters. The van der Waals surface area contributed by atoms with Crippen LogP contribution < -0.4 is 5.32 Å². The van der Waals surface area contributed by atoms with Crippen LogP contribution in [-0.4, -0.2) is 20.3 Å². The first-order valence-electron chi connectivity index (χ1n) is 7.86. The van der Waals surface area contributed by atoms with Gasteiger partial charge in [0.1, 0.15) is 11.4 Å². The van der Waals surface area contributed by atoms with Crippen LogP contribution in [0.5, 0.6) is 0 Å². The van der Waals surface area contributed by atoms with E-state index in [0.29, 0.717) is 17.0 Å². The summed E-state index contributed by atoms with van der Waals surface area (Å²) < 4.78 is 41.6. The largest absolute Gasteiger partial charge is 0.416 e. The molecule has 0 fully saturated rings. The van der Waals surface area contributed by atoms with Crippen molar-refractivity contribution in [2.45, 2.75) is 12.7 Å². The van der Waals surface area contributed by atoms with Crippen molar-refractivity contribution < 1.29 is 18.0 Å². The fourth-order valence-corrected chi connectivity index (χ4v) is 2.66. The first-order valence-corrected chi connectivity index (χ1v) is 7.86. The lowest BCUT2D eigenvalue weighted by Crippen LogP contribution is -2.25. The quantitative estimate of drug-likeness (QED) is 0.774. The minimum atomic E-state index is -4.41. The molecule has 3 rings (SSSR count). The van der Waals surface area contributed by atoms with Crippen molar-refractivity contribution in [2.75, 3.05) is 0 Å². The number of hydrogen-bond donors (Lipinski definition) is 1. The van der Waals surface area contributed by atoms with Gasteiger partial charge in [-0.2, -0.15) is 18.3 Å². The molecule has 8 heteroatoms. The van der Waals surface area contributed by atoms with E-state index in [1.165, 1.54) is 16.8 Å². The summed E-state index contributed by atoms with van der Waals surface area (Å²) in [5, 5.41) is 6.96. The summed E-state index contributed by atoms with van der Waals surface area (Å²) in [4.78, 5) is 12.4. The van der Waals surface area contributed by atoms with Crippen molar-refractivity contribution in [1.29, 1.82) is 0 Å². The van der Waals surface area contributed by atoms with Crippen molar-refractivity contribution in [3.05, 3.63) is 65.5 Å². The predicted molar refractivity (Wildman–Crippen MR) is 90.2 cm³/mol. The Morgan fingerprint density at radius 1 is 1.15 bits per heavy atom. The van der Waals surface area contributed by atoms with E-state index in [4.69, 9.17) is 0 Å². The number of hydrogen-bond acceptors (Lipinski definition) is 2. The second-order valence-corrected chi connectivity index (χ2v) is 5.92. The van der Waals surface area contributed by atoms with Crippen LogP contribution in [0.4, 0.5) is 13.2 Å². The standard InChI is InChI=1S/C18H17F3N4O/c1-24-8-4-7-15(24)14-10-16(25(2)23-14)17(26)22-11-12-5-3-6-13(9-12)18(19,20)21/h3-10H,11H2,1-2H3,(H,22,26). The fraction of sp³-hybridized carbons (Fsp3) is 0.222. The Morgan fingerprint density at radius 3 is 2.58 bits per heavy atom. The van der Waals surface area contributed by atoms with E-state index < -0.39 is 17.6 Å². The van der Waals surface area contributed by atoms with Crippen molar-refractivity contribution in [3.8, 4) is 11.4 Å². The molecular formula is C18H17F3N4O. The van der Waals surface area contributed by atoms with E-state index in [9.17, 15) is 18.0 Å². The van der Waals surface area contributed by atoms with Crippen LogP contribution in [0.3, 0.4) is 0 Å². The van der Waals surface area contributed by atoms with Crippen LogP contribution in [0.25, 0.3) is 11.4 Å². The number of aromatic nitrogens is 3. The summed E-state index contributed by atoms with van der Waals surface area (Å²) in [6.07, 6.45) is -2.54. The van der Waals surface area contributed by atoms with Gasteiger partial charge in [-0.1, -0.05) is 12.1 Å². The molecule has 0 bridgehead atoms. The molecule has 0 spiro atoms. The van der Waals surface area contributed by atoms with Crippen LogP contribution >= 0.6 is 0 Å². The number of aryl methyl sites for hydroxylation is 2. The lowest BCUT2D eigenvalue weighted by Gasteiger charge is -2.09. The molecule has 0 radical (unpaired) electrons. The van der Waals surface area contributed by atoms with Gasteiger partial charge in [0.2, 0.25) is 0 Å². The van der Waals surface area contributed by atoms with Crippen LogP contribution in [0, 0.1) is 0 Å². The number of carbonyl (C=O) groups excluding carboxylic acids is 1. The number of carbonyl (C=O) groups is 1. The van der Waals surface area contributed by atoms with E-state index in [-0.39, 0.29) is 6.54 Å². The normalized spacial score (nSPS) is 11.6. The molecule has 0 atom stereocenters. The number of halogens is 3. The maximum atomic E-state index is 12.8. The minimum absolute atomic E-state index is 0.00653. The molecule has 0 saturated carbocycles. The van der Waals surface area contributed by atoms with E-state index in [0.717, 1.165) is 17.8 Å². The number of amides is 1. The summed E-state index contributed by atoms with van der Waals surface area (Å²) in [5.41, 5.74) is 1.46. The van der Waals surface area contributed by atoms with Gasteiger partial charge in [-0.25, -0.2) is 0 Å². The smallest absolute Gasteiger partial charge is 0.349 e. The third kappa shape index (κ3) is 3.63. The topological polar surface area (TPSA) is 51.9 Å². The zero-order chi connectivity index (χ0) is 18.9. The number of alkyl halides is 3. The SMILES string of the molecule is Cn1cccc1-c1cc(C(=O)NCc2cccc(C(F)(F)F)c2)n(C)n1. The Balaban J connectivity index is 1.73. The molecule has 26 heavy (non-hydrogen) atoms. The summed E-state index contributed by atoms with van der Waals surface area (Å²) in [6, 6.07) is 10.3. The Labute approximate surface area is 148 Å². The summed E-state index contributed by atoms with van der Waals surface area (Å²) in [5.74, 6) is -0.405. The van der Waals surface area contributed by atoms with Gasteiger partial charge < -0.3 is 9.88 Å². The van der Waals surface area contributed by atoms with E-state index in [2.05, 4.69) is 10.4 Å². The maximum Gasteiger partial charge on any atom is 0.416 e. The van der Waals surface area contributed by atoms with E-state index in [1.54, 1.807) is 13.1 Å². The van der Waals surface area contributed by atoms with Crippen molar-refractivity contribution in [3.63, 3.8) is 0 Å². The second kappa shape index (κ2) is 6.70. The Morgan fingerprint density at radius 2 is 1.92 bits per heavy atom. The summed E-state index contributed by atoms with van der Waals surface area (Å²) >= 11 is 0. The molecule has 2 heterocycles. The molecule has 5 nitrogen and oxygen atoms in total. The highest BCUT2D eigenvalue weighted by molar-refractivity contribution is 5.93. The van der Waals surface area contributed by atoms with Crippen molar-refractivity contribution >= 4 is 5.91 Å². The molecule has 1 amide bonds. The van der Waals surface area contributed by atoms with Crippen LogP contribution in [0.15, 0.2) is 48.7 Å². The van der Waals surface area contributed by atoms with Gasteiger partial charge in [0.25, 0.3) is 5.91 Å². The number of nitrogens with one attached hydrogen (secondary N) is 1. The van der Waals surface area contributed by atoms with E-state index >= 15 is 0 Å². The number of benzene rings is 1. The molecule has 0 aliphatic rings. The highest BCUT2D eigenvalue weighted by atomic mass is 19.4. The van der Waals surface area contributed by atoms with Crippen LogP contribution in [-0.2, 0) is 26.8 Å². The Bertz CT molecular complexity index is 940. The maximum absolute atomic E-state index is 12.8. The average Bonchev–Trinajstić information content (AvgIpc) is 3.17. The van der Waals surface area contributed by atoms with Gasteiger partial charge in [0.15, 0.2) is 0 Å². The number of nitrogens with zero attached hydrogens (tertiary/aromatic N) is 3. The lowest BCUT2D eigenvalue weighted by molar-refractivity contribution is -0.137. The zero-order valence-electron chi connectivity index (χ0n) is 14.2. The van der Waals surface area contributed by atoms with Gasteiger partial charge in [0, 0.05) is 26.8 Å². The average molecular weight is 362 g/mol. The molecule has 0 saturated heterocycles. The molecule has 2 aromatic heterocycles. The minimum Gasteiger partial charge on any atom is -0.349 e. The van der Waals surface area contributed by atoms with Gasteiger partial charge in [-0.3, -0.25) is 9.48 Å². The Kier molecular flexibility index (Phi) is 4.58. The molecule has 0 aliphatic carbocycles. The highest BCUT2D eigenvalue weighted by Gasteiger charge is 2.30. The summed E-state index contributed by atoms with van der Waals surface area (Å²) in [7, 11) is 3.52. The molecule has 136 valence electrons. The first-order chi connectivity index (χ1) is 12.3. The Hall–Kier alpha value is -3.03. The third-order valence-corrected chi connectivity index (χ3v) is 4.03. The zero-order valence-corrected chi connectivity index (χ0v) is 14.2. The lowest BCUT2D eigenvalue weighted by atomic mass is 10.1. The fourth-order valence-electron chi connectivity index (χ4n) is 2.66.